The molecule has 152 valence electrons. The van der Waals surface area contributed by atoms with Crippen molar-refractivity contribution in [1.82, 2.24) is 9.97 Å². The van der Waals surface area contributed by atoms with Gasteiger partial charge >= 0.3 is 0 Å². The highest BCUT2D eigenvalue weighted by Crippen LogP contribution is 2.33. The molecule has 3 heterocycles. The van der Waals surface area contributed by atoms with Crippen LogP contribution in [0.4, 0.5) is 10.1 Å². The number of carbonyl (C=O) groups is 1. The molecule has 1 aliphatic heterocycles. The van der Waals surface area contributed by atoms with Gasteiger partial charge < -0.3 is 25.5 Å². The Labute approximate surface area is 170 Å². The smallest absolute Gasteiger partial charge is 0.250 e. The van der Waals surface area contributed by atoms with Crippen LogP contribution in [0.1, 0.15) is 10.4 Å². The van der Waals surface area contributed by atoms with E-state index in [1.807, 2.05) is 18.2 Å². The van der Waals surface area contributed by atoms with Gasteiger partial charge in [-0.1, -0.05) is 0 Å². The number of aromatic nitrogens is 2. The number of phenolic OH excluding ortho intramolecular Hbond substituents is 1. The fourth-order valence-corrected chi connectivity index (χ4v) is 3.87. The van der Waals surface area contributed by atoms with Crippen molar-refractivity contribution in [1.29, 1.82) is 0 Å². The van der Waals surface area contributed by atoms with Crippen molar-refractivity contribution in [3.05, 3.63) is 53.8 Å². The molecule has 4 N–H and O–H groups in total. The number of benzene rings is 2. The molecule has 1 amide bonds. The molecule has 1 fully saturated rings. The van der Waals surface area contributed by atoms with Gasteiger partial charge in [-0.3, -0.25) is 4.79 Å². The van der Waals surface area contributed by atoms with Gasteiger partial charge in [0.25, 0.3) is 5.91 Å². The minimum Gasteiger partial charge on any atom is -0.505 e. The van der Waals surface area contributed by atoms with Crippen LogP contribution < -0.4 is 10.6 Å². The zero-order valence-electron chi connectivity index (χ0n) is 16.0. The highest BCUT2D eigenvalue weighted by atomic mass is 19.1. The van der Waals surface area contributed by atoms with E-state index in [1.165, 1.54) is 18.2 Å². The predicted octanol–water partition coefficient (Wildman–Crippen LogP) is 3.16. The highest BCUT2D eigenvalue weighted by molar-refractivity contribution is 6.14. The molecule has 7 nitrogen and oxygen atoms in total. The molecule has 0 saturated carbocycles. The summed E-state index contributed by atoms with van der Waals surface area (Å²) in [6.07, 6.45) is 0. The number of anilines is 1. The molecule has 2 aromatic heterocycles. The van der Waals surface area contributed by atoms with Crippen LogP contribution in [0, 0.1) is 5.82 Å². The number of primary amides is 1. The summed E-state index contributed by atoms with van der Waals surface area (Å²) >= 11 is 0. The van der Waals surface area contributed by atoms with Crippen LogP contribution in [0.3, 0.4) is 0 Å². The Kier molecular flexibility index (Phi) is 4.29. The van der Waals surface area contributed by atoms with Crippen molar-refractivity contribution in [3.63, 3.8) is 0 Å². The maximum Gasteiger partial charge on any atom is 0.250 e. The lowest BCUT2D eigenvalue weighted by molar-refractivity contribution is 0.100. The summed E-state index contributed by atoms with van der Waals surface area (Å²) in [4.78, 5) is 22.3. The zero-order chi connectivity index (χ0) is 20.8. The van der Waals surface area contributed by atoms with Crippen molar-refractivity contribution in [2.45, 2.75) is 0 Å². The molecule has 30 heavy (non-hydrogen) atoms. The fourth-order valence-electron chi connectivity index (χ4n) is 3.87. The van der Waals surface area contributed by atoms with E-state index in [1.54, 1.807) is 6.07 Å². The molecule has 8 heteroatoms. The molecule has 5 rings (SSSR count). The van der Waals surface area contributed by atoms with Crippen LogP contribution in [0.5, 0.6) is 5.75 Å². The van der Waals surface area contributed by atoms with Crippen molar-refractivity contribution in [3.8, 4) is 17.0 Å². The van der Waals surface area contributed by atoms with E-state index in [2.05, 4.69) is 14.9 Å². The lowest BCUT2D eigenvalue weighted by Crippen LogP contribution is -2.36. The molecule has 0 bridgehead atoms. The number of nitrogens with one attached hydrogen (secondary N) is 1. The number of aromatic hydroxyl groups is 1. The van der Waals surface area contributed by atoms with Gasteiger partial charge in [0.15, 0.2) is 11.6 Å². The highest BCUT2D eigenvalue weighted by Gasteiger charge is 2.18. The Bertz CT molecular complexity index is 1290. The SMILES string of the molecule is NC(=O)c1cc(-c2ccc(O)c(F)c2)nc2c1[nH]c1cc(N3CCOCC3)ccc12. The summed E-state index contributed by atoms with van der Waals surface area (Å²) in [5, 5.41) is 10.3. The summed E-state index contributed by atoms with van der Waals surface area (Å²) in [5.41, 5.74) is 9.74. The third-order valence-corrected chi connectivity index (χ3v) is 5.42. The Morgan fingerprint density at radius 1 is 1.17 bits per heavy atom. The first-order valence-corrected chi connectivity index (χ1v) is 9.59. The van der Waals surface area contributed by atoms with Crippen molar-refractivity contribution in [2.75, 3.05) is 31.2 Å². The summed E-state index contributed by atoms with van der Waals surface area (Å²) in [7, 11) is 0. The second kappa shape index (κ2) is 7.00. The average Bonchev–Trinajstić information content (AvgIpc) is 3.13. The Morgan fingerprint density at radius 2 is 1.97 bits per heavy atom. The second-order valence-corrected chi connectivity index (χ2v) is 7.26. The monoisotopic (exact) mass is 406 g/mol. The van der Waals surface area contributed by atoms with E-state index in [0.717, 1.165) is 29.7 Å². The number of hydrogen-bond acceptors (Lipinski definition) is 5. The van der Waals surface area contributed by atoms with Crippen LogP contribution in [0.15, 0.2) is 42.5 Å². The van der Waals surface area contributed by atoms with E-state index in [0.29, 0.717) is 35.5 Å². The van der Waals surface area contributed by atoms with Crippen LogP contribution in [-0.2, 0) is 4.74 Å². The molecule has 4 aromatic rings. The van der Waals surface area contributed by atoms with E-state index < -0.39 is 17.5 Å². The topological polar surface area (TPSA) is 104 Å². The number of H-pyrrole nitrogens is 1. The Balaban J connectivity index is 1.70. The Hall–Kier alpha value is -3.65. The van der Waals surface area contributed by atoms with Gasteiger partial charge in [0.05, 0.1) is 41.0 Å². The molecule has 1 aliphatic rings. The number of phenols is 1. The number of hydrogen-bond donors (Lipinski definition) is 3. The number of nitrogens with zero attached hydrogens (tertiary/aromatic N) is 2. The maximum absolute atomic E-state index is 13.9. The van der Waals surface area contributed by atoms with Crippen LogP contribution in [0.2, 0.25) is 0 Å². The number of halogens is 1. The number of fused-ring (bicyclic) bond motifs is 3. The van der Waals surface area contributed by atoms with E-state index in [-0.39, 0.29) is 5.56 Å². The van der Waals surface area contributed by atoms with Gasteiger partial charge in [-0.05, 0) is 42.5 Å². The van der Waals surface area contributed by atoms with Gasteiger partial charge in [0, 0.05) is 29.7 Å². The molecule has 0 radical (unpaired) electrons. The summed E-state index contributed by atoms with van der Waals surface area (Å²) < 4.78 is 19.3. The van der Waals surface area contributed by atoms with Crippen LogP contribution >= 0.6 is 0 Å². The first-order chi connectivity index (χ1) is 14.5. The van der Waals surface area contributed by atoms with Gasteiger partial charge in [-0.25, -0.2) is 9.37 Å². The number of rotatable bonds is 3. The number of ether oxygens (including phenoxy) is 1. The van der Waals surface area contributed by atoms with Gasteiger partial charge in [0.2, 0.25) is 0 Å². The predicted molar refractivity (Wildman–Crippen MR) is 112 cm³/mol. The minimum atomic E-state index is -0.760. The standard InChI is InChI=1S/C22H19FN4O3/c23-16-9-12(1-4-19(16)28)17-11-15(22(24)29)21-20(25-17)14-3-2-13(10-18(14)26-21)27-5-7-30-8-6-27/h1-4,9-11,26,28H,5-8H2,(H2,24,29). The van der Waals surface area contributed by atoms with Crippen LogP contribution in [-0.4, -0.2) is 47.3 Å². The lowest BCUT2D eigenvalue weighted by atomic mass is 10.1. The van der Waals surface area contributed by atoms with E-state index in [4.69, 9.17) is 10.5 Å². The summed E-state index contributed by atoms with van der Waals surface area (Å²) in [6.45, 7) is 3.00. The third kappa shape index (κ3) is 3.02. The van der Waals surface area contributed by atoms with Crippen molar-refractivity contribution >= 4 is 33.5 Å². The van der Waals surface area contributed by atoms with Crippen LogP contribution in [0.25, 0.3) is 33.2 Å². The first kappa shape index (κ1) is 18.4. The van der Waals surface area contributed by atoms with Gasteiger partial charge in [-0.2, -0.15) is 0 Å². The molecule has 0 unspecified atom stereocenters. The van der Waals surface area contributed by atoms with E-state index in [9.17, 15) is 14.3 Å². The number of nitrogens with two attached hydrogens (primary N) is 1. The molecular formula is C22H19FN4O3. The molecule has 0 atom stereocenters. The number of morpholine rings is 1. The largest absolute Gasteiger partial charge is 0.505 e. The number of pyridine rings is 1. The fraction of sp³-hybridized carbons (Fsp3) is 0.182. The van der Waals surface area contributed by atoms with Crippen molar-refractivity contribution < 1.29 is 19.0 Å². The van der Waals surface area contributed by atoms with Crippen molar-refractivity contribution in [2.24, 2.45) is 5.73 Å². The molecule has 0 aliphatic carbocycles. The van der Waals surface area contributed by atoms with Gasteiger partial charge in [-0.15, -0.1) is 0 Å². The quantitative estimate of drug-likeness (QED) is 0.485. The maximum atomic E-state index is 13.9. The second-order valence-electron chi connectivity index (χ2n) is 7.26. The number of carbonyl (C=O) groups excluding carboxylic acids is 1. The molecule has 1 saturated heterocycles. The zero-order valence-corrected chi connectivity index (χ0v) is 16.0. The molecule has 0 spiro atoms. The summed E-state index contributed by atoms with van der Waals surface area (Å²) in [6, 6.07) is 11.5. The third-order valence-electron chi connectivity index (χ3n) is 5.42. The minimum absolute atomic E-state index is 0.271. The van der Waals surface area contributed by atoms with Gasteiger partial charge in [0.1, 0.15) is 0 Å². The van der Waals surface area contributed by atoms with E-state index >= 15 is 0 Å². The average molecular weight is 406 g/mol. The number of aromatic amines is 1. The normalized spacial score (nSPS) is 14.5. The summed E-state index contributed by atoms with van der Waals surface area (Å²) in [5.74, 6) is -1.82. The lowest BCUT2D eigenvalue weighted by Gasteiger charge is -2.28. The number of amides is 1. The molecular weight excluding hydrogens is 387 g/mol. The Morgan fingerprint density at radius 3 is 2.70 bits per heavy atom. The first-order valence-electron chi connectivity index (χ1n) is 9.59. The molecule has 2 aromatic carbocycles.